The third kappa shape index (κ3) is 4.49. The van der Waals surface area contributed by atoms with E-state index in [1.54, 1.807) is 18.2 Å². The number of rotatable bonds is 5. The molecule has 0 saturated carbocycles. The molecular weight excluding hydrogens is 317 g/mol. The number of carbonyl (C=O) groups is 1. The summed E-state index contributed by atoms with van der Waals surface area (Å²) >= 11 is 12.0. The van der Waals surface area contributed by atoms with E-state index in [0.29, 0.717) is 21.5 Å². The summed E-state index contributed by atoms with van der Waals surface area (Å²) in [6.45, 7) is 4.27. The Balaban J connectivity index is 2.21. The smallest absolute Gasteiger partial charge is 0.253 e. The first-order valence-electron chi connectivity index (χ1n) is 7.28. The van der Waals surface area contributed by atoms with Crippen molar-refractivity contribution in [2.75, 3.05) is 0 Å². The van der Waals surface area contributed by atoms with Gasteiger partial charge in [-0.2, -0.15) is 0 Å². The molecule has 0 aliphatic heterocycles. The Kier molecular flexibility index (Phi) is 5.87. The summed E-state index contributed by atoms with van der Waals surface area (Å²) in [6, 6.07) is 14.8. The van der Waals surface area contributed by atoms with E-state index < -0.39 is 0 Å². The van der Waals surface area contributed by atoms with E-state index in [4.69, 9.17) is 23.2 Å². The van der Waals surface area contributed by atoms with Crippen LogP contribution in [0.5, 0.6) is 0 Å². The molecule has 4 heteroatoms. The quantitative estimate of drug-likeness (QED) is 0.766. The van der Waals surface area contributed by atoms with Gasteiger partial charge in [0.05, 0.1) is 16.6 Å². The number of benzene rings is 2. The molecule has 0 heterocycles. The van der Waals surface area contributed by atoms with Gasteiger partial charge >= 0.3 is 0 Å². The van der Waals surface area contributed by atoms with Gasteiger partial charge in [-0.3, -0.25) is 4.79 Å². The highest BCUT2D eigenvalue weighted by Crippen LogP contribution is 2.24. The zero-order valence-corrected chi connectivity index (χ0v) is 14.2. The Morgan fingerprint density at radius 1 is 1.09 bits per heavy atom. The summed E-state index contributed by atoms with van der Waals surface area (Å²) < 4.78 is 0. The highest BCUT2D eigenvalue weighted by molar-refractivity contribution is 6.36. The van der Waals surface area contributed by atoms with Crippen molar-refractivity contribution >= 4 is 29.1 Å². The molecule has 0 aliphatic carbocycles. The molecule has 0 spiro atoms. The molecule has 116 valence electrons. The molecule has 1 atom stereocenters. The molecule has 22 heavy (non-hydrogen) atoms. The van der Waals surface area contributed by atoms with Gasteiger partial charge in [0.2, 0.25) is 0 Å². The topological polar surface area (TPSA) is 29.1 Å². The predicted octanol–water partition coefficient (Wildman–Crippen LogP) is 5.51. The fourth-order valence-electron chi connectivity index (χ4n) is 2.34. The average Bonchev–Trinajstić information content (AvgIpc) is 2.46. The number of hydrogen-bond donors (Lipinski definition) is 1. The van der Waals surface area contributed by atoms with E-state index in [-0.39, 0.29) is 11.9 Å². The van der Waals surface area contributed by atoms with Gasteiger partial charge in [0.1, 0.15) is 0 Å². The lowest BCUT2D eigenvalue weighted by Crippen LogP contribution is -2.29. The van der Waals surface area contributed by atoms with E-state index in [2.05, 4.69) is 19.2 Å². The summed E-state index contributed by atoms with van der Waals surface area (Å²) in [5.74, 6) is 0.280. The van der Waals surface area contributed by atoms with Gasteiger partial charge in [0.15, 0.2) is 0 Å². The molecule has 0 aromatic heterocycles. The van der Waals surface area contributed by atoms with E-state index >= 15 is 0 Å². The first kappa shape index (κ1) is 16.9. The summed E-state index contributed by atoms with van der Waals surface area (Å²) in [6.07, 6.45) is 0.862. The first-order chi connectivity index (χ1) is 10.5. The van der Waals surface area contributed by atoms with Crippen LogP contribution in [0.1, 0.15) is 42.2 Å². The molecule has 0 aliphatic rings. The van der Waals surface area contributed by atoms with Crippen molar-refractivity contribution in [1.82, 2.24) is 5.32 Å². The number of amides is 1. The minimum absolute atomic E-state index is 0.0413. The van der Waals surface area contributed by atoms with Gasteiger partial charge in [-0.15, -0.1) is 0 Å². The fourth-order valence-corrected chi connectivity index (χ4v) is 2.84. The standard InChI is InChI=1S/C18H19Cl2NO/c1-12(2)10-17(13-6-4-3-5-7-13)21-18(22)15-9-8-14(19)11-16(15)20/h3-9,11-12,17H,10H2,1-2H3,(H,21,22)/t17-/m1/s1. The Labute approximate surface area is 141 Å². The van der Waals surface area contributed by atoms with Gasteiger partial charge in [0.25, 0.3) is 5.91 Å². The second-order valence-electron chi connectivity index (χ2n) is 5.69. The Hall–Kier alpha value is -1.51. The van der Waals surface area contributed by atoms with Crippen LogP contribution < -0.4 is 5.32 Å². The van der Waals surface area contributed by atoms with E-state index in [9.17, 15) is 4.79 Å². The fraction of sp³-hybridized carbons (Fsp3) is 0.278. The van der Waals surface area contributed by atoms with Crippen molar-refractivity contribution in [3.8, 4) is 0 Å². The van der Waals surface area contributed by atoms with Crippen molar-refractivity contribution in [2.45, 2.75) is 26.3 Å². The van der Waals surface area contributed by atoms with Crippen molar-refractivity contribution in [3.63, 3.8) is 0 Å². The molecule has 2 nitrogen and oxygen atoms in total. The van der Waals surface area contributed by atoms with E-state index in [1.807, 2.05) is 30.3 Å². The van der Waals surface area contributed by atoms with Crippen LogP contribution in [0, 0.1) is 5.92 Å². The molecule has 0 saturated heterocycles. The van der Waals surface area contributed by atoms with Gasteiger partial charge < -0.3 is 5.32 Å². The Bertz CT molecular complexity index is 641. The minimum atomic E-state index is -0.184. The zero-order chi connectivity index (χ0) is 16.1. The van der Waals surface area contributed by atoms with Crippen LogP contribution in [0.4, 0.5) is 0 Å². The monoisotopic (exact) mass is 335 g/mol. The largest absolute Gasteiger partial charge is 0.345 e. The van der Waals surface area contributed by atoms with E-state index in [0.717, 1.165) is 12.0 Å². The number of halogens is 2. The van der Waals surface area contributed by atoms with Crippen LogP contribution >= 0.6 is 23.2 Å². The second kappa shape index (κ2) is 7.66. The van der Waals surface area contributed by atoms with Crippen molar-refractivity contribution in [2.24, 2.45) is 5.92 Å². The van der Waals surface area contributed by atoms with Gasteiger partial charge in [0, 0.05) is 5.02 Å². The Morgan fingerprint density at radius 2 is 1.77 bits per heavy atom. The maximum absolute atomic E-state index is 12.5. The van der Waals surface area contributed by atoms with Gasteiger partial charge in [-0.1, -0.05) is 67.4 Å². The number of hydrogen-bond acceptors (Lipinski definition) is 1. The minimum Gasteiger partial charge on any atom is -0.345 e. The molecule has 0 fully saturated rings. The molecule has 2 aromatic carbocycles. The van der Waals surface area contributed by atoms with Crippen LogP contribution in [0.25, 0.3) is 0 Å². The van der Waals surface area contributed by atoms with Crippen molar-refractivity contribution in [3.05, 3.63) is 69.7 Å². The SMILES string of the molecule is CC(C)C[C@@H](NC(=O)c1ccc(Cl)cc1Cl)c1ccccc1. The summed E-state index contributed by atoms with van der Waals surface area (Å²) in [5.41, 5.74) is 1.53. The third-order valence-corrected chi connectivity index (χ3v) is 3.94. The molecule has 0 radical (unpaired) electrons. The van der Waals surface area contributed by atoms with Crippen LogP contribution in [0.15, 0.2) is 48.5 Å². The molecule has 1 N–H and O–H groups in total. The van der Waals surface area contributed by atoms with Crippen LogP contribution in [0.3, 0.4) is 0 Å². The first-order valence-corrected chi connectivity index (χ1v) is 8.04. The lowest BCUT2D eigenvalue weighted by Gasteiger charge is -2.21. The lowest BCUT2D eigenvalue weighted by molar-refractivity contribution is 0.0932. The van der Waals surface area contributed by atoms with Crippen LogP contribution in [-0.4, -0.2) is 5.91 Å². The predicted molar refractivity (Wildman–Crippen MR) is 92.6 cm³/mol. The molecule has 2 rings (SSSR count). The van der Waals surface area contributed by atoms with Crippen LogP contribution in [-0.2, 0) is 0 Å². The van der Waals surface area contributed by atoms with E-state index in [1.165, 1.54) is 0 Å². The van der Waals surface area contributed by atoms with Gasteiger partial charge in [-0.05, 0) is 36.1 Å². The average molecular weight is 336 g/mol. The van der Waals surface area contributed by atoms with Crippen LogP contribution in [0.2, 0.25) is 10.0 Å². The maximum atomic E-state index is 12.5. The summed E-state index contributed by atoms with van der Waals surface area (Å²) in [4.78, 5) is 12.5. The summed E-state index contributed by atoms with van der Waals surface area (Å²) in [5, 5.41) is 3.95. The molecule has 0 bridgehead atoms. The second-order valence-corrected chi connectivity index (χ2v) is 6.53. The summed E-state index contributed by atoms with van der Waals surface area (Å²) in [7, 11) is 0. The Morgan fingerprint density at radius 3 is 2.36 bits per heavy atom. The molecule has 1 amide bonds. The molecule has 2 aromatic rings. The highest BCUT2D eigenvalue weighted by Gasteiger charge is 2.18. The third-order valence-electron chi connectivity index (χ3n) is 3.39. The maximum Gasteiger partial charge on any atom is 0.253 e. The lowest BCUT2D eigenvalue weighted by atomic mass is 9.96. The number of carbonyl (C=O) groups excluding carboxylic acids is 1. The zero-order valence-electron chi connectivity index (χ0n) is 12.6. The molecule has 0 unspecified atom stereocenters. The number of nitrogens with one attached hydrogen (secondary N) is 1. The van der Waals surface area contributed by atoms with Crippen molar-refractivity contribution in [1.29, 1.82) is 0 Å². The van der Waals surface area contributed by atoms with Gasteiger partial charge in [-0.25, -0.2) is 0 Å². The normalized spacial score (nSPS) is 12.2. The molecular formula is C18H19Cl2NO. The van der Waals surface area contributed by atoms with Crippen molar-refractivity contribution < 1.29 is 4.79 Å². The highest BCUT2D eigenvalue weighted by atomic mass is 35.5.